The van der Waals surface area contributed by atoms with Gasteiger partial charge >= 0.3 is 5.97 Å². The number of carboxylic acids is 1. The van der Waals surface area contributed by atoms with E-state index in [1.807, 2.05) is 6.92 Å². The van der Waals surface area contributed by atoms with E-state index in [2.05, 4.69) is 4.99 Å². The average Bonchev–Trinajstić information content (AvgIpc) is 2.05. The number of hydrogen-bond donors (Lipinski definition) is 3. The molecule has 0 radical (unpaired) electrons. The predicted molar refractivity (Wildman–Crippen MR) is 54.8 cm³/mol. The zero-order chi connectivity index (χ0) is 10.3. The van der Waals surface area contributed by atoms with Gasteiger partial charge in [-0.3, -0.25) is 5.73 Å². The summed E-state index contributed by atoms with van der Waals surface area (Å²) in [5, 5.41) is 8.76. The molecule has 0 saturated carbocycles. The van der Waals surface area contributed by atoms with Gasteiger partial charge in [-0.05, 0) is 11.5 Å². The molecule has 0 unspecified atom stereocenters. The second-order valence-corrected chi connectivity index (χ2v) is 3.85. The zero-order valence-corrected chi connectivity index (χ0v) is 8.38. The number of thioether (sulfide) groups is 1. The first-order valence-corrected chi connectivity index (χ1v) is 5.07. The van der Waals surface area contributed by atoms with Crippen LogP contribution in [0.2, 0.25) is 0 Å². The van der Waals surface area contributed by atoms with Gasteiger partial charge < -0.3 is 10.8 Å². The Hall–Kier alpha value is -0.750. The Morgan fingerprint density at radius 3 is 2.77 bits per heavy atom. The highest BCUT2D eigenvalue weighted by molar-refractivity contribution is 7.99. The van der Waals surface area contributed by atoms with Crippen molar-refractivity contribution in [1.82, 2.24) is 0 Å². The second-order valence-electron chi connectivity index (χ2n) is 2.45. The van der Waals surface area contributed by atoms with Gasteiger partial charge in [0.2, 0.25) is 5.66 Å². The first kappa shape index (κ1) is 12.2. The van der Waals surface area contributed by atoms with Crippen LogP contribution in [0.1, 0.15) is 13.3 Å². The number of carbonyl (C=O) groups is 1. The van der Waals surface area contributed by atoms with Crippen molar-refractivity contribution in [2.45, 2.75) is 19.0 Å². The molecular weight excluding hydrogens is 190 g/mol. The van der Waals surface area contributed by atoms with Gasteiger partial charge in [-0.15, -0.1) is 0 Å². The van der Waals surface area contributed by atoms with E-state index in [9.17, 15) is 4.79 Å². The molecule has 0 saturated heterocycles. The van der Waals surface area contributed by atoms with Gasteiger partial charge in [-0.2, -0.15) is 11.8 Å². The van der Waals surface area contributed by atoms with Crippen LogP contribution in [0, 0.1) is 0 Å². The normalized spacial score (nSPS) is 15.8. The minimum Gasteiger partial charge on any atom is -0.478 e. The lowest BCUT2D eigenvalue weighted by atomic mass is 10.1. The fourth-order valence-electron chi connectivity index (χ4n) is 0.732. The maximum Gasteiger partial charge on any atom is 0.346 e. The molecule has 5 N–H and O–H groups in total. The molecule has 13 heavy (non-hydrogen) atoms. The Labute approximate surface area is 81.6 Å². The number of rotatable bonds is 6. The fraction of sp³-hybridized carbons (Fsp3) is 0.714. The Bertz CT molecular complexity index is 198. The summed E-state index contributed by atoms with van der Waals surface area (Å²) in [6.07, 6.45) is 1.22. The first-order valence-electron chi connectivity index (χ1n) is 3.92. The largest absolute Gasteiger partial charge is 0.478 e. The lowest BCUT2D eigenvalue weighted by molar-refractivity contribution is -0.143. The van der Waals surface area contributed by atoms with Gasteiger partial charge in [0.25, 0.3) is 0 Å². The topological polar surface area (TPSA) is 102 Å². The molecule has 0 amide bonds. The first-order chi connectivity index (χ1) is 6.06. The van der Waals surface area contributed by atoms with Gasteiger partial charge in [0, 0.05) is 6.42 Å². The van der Waals surface area contributed by atoms with Crippen LogP contribution in [-0.4, -0.2) is 34.6 Å². The van der Waals surface area contributed by atoms with Gasteiger partial charge in [0.1, 0.15) is 0 Å². The van der Waals surface area contributed by atoms with Crippen LogP contribution in [0.5, 0.6) is 0 Å². The highest BCUT2D eigenvalue weighted by Gasteiger charge is 2.31. The smallest absolute Gasteiger partial charge is 0.346 e. The number of hydrogen-bond acceptors (Lipinski definition) is 4. The van der Waals surface area contributed by atoms with Crippen molar-refractivity contribution in [2.24, 2.45) is 16.5 Å². The number of aliphatic imine (C=N–C) groups is 1. The summed E-state index contributed by atoms with van der Waals surface area (Å²) in [6.45, 7) is 2.00. The molecule has 0 aliphatic rings. The summed E-state index contributed by atoms with van der Waals surface area (Å²) < 4.78 is 0. The van der Waals surface area contributed by atoms with Gasteiger partial charge in [-0.25, -0.2) is 9.79 Å². The van der Waals surface area contributed by atoms with Crippen molar-refractivity contribution in [1.29, 1.82) is 0 Å². The molecule has 5 nitrogen and oxygen atoms in total. The fourth-order valence-corrected chi connectivity index (χ4v) is 1.48. The summed E-state index contributed by atoms with van der Waals surface area (Å²) in [5.41, 5.74) is 8.96. The van der Waals surface area contributed by atoms with Crippen molar-refractivity contribution < 1.29 is 9.90 Å². The standard InChI is InChI=1S/C7H15N3O2S/c1-2-13-4-3-7(9,6(11)12)10-5-8/h5H,2-4,9H2,1H3,(H2,8,10)(H,11,12)/t7-/m0/s1. The summed E-state index contributed by atoms with van der Waals surface area (Å²) in [5.74, 6) is 0.449. The van der Waals surface area contributed by atoms with E-state index >= 15 is 0 Å². The molecule has 0 aliphatic heterocycles. The van der Waals surface area contributed by atoms with Gasteiger partial charge in [-0.1, -0.05) is 6.92 Å². The van der Waals surface area contributed by atoms with Crippen LogP contribution >= 0.6 is 11.8 Å². The quantitative estimate of drug-likeness (QED) is 0.318. The van der Waals surface area contributed by atoms with Crippen LogP contribution in [0.4, 0.5) is 0 Å². The van der Waals surface area contributed by atoms with E-state index < -0.39 is 11.6 Å². The third-order valence-electron chi connectivity index (χ3n) is 1.51. The van der Waals surface area contributed by atoms with E-state index in [4.69, 9.17) is 16.6 Å². The van der Waals surface area contributed by atoms with Crippen LogP contribution < -0.4 is 11.5 Å². The number of nitrogens with two attached hydrogens (primary N) is 2. The zero-order valence-electron chi connectivity index (χ0n) is 7.56. The molecule has 0 heterocycles. The molecule has 76 valence electrons. The highest BCUT2D eigenvalue weighted by Crippen LogP contribution is 2.13. The minimum atomic E-state index is -1.56. The molecule has 6 heteroatoms. The van der Waals surface area contributed by atoms with Gasteiger partial charge in [0.05, 0.1) is 6.34 Å². The van der Waals surface area contributed by atoms with Crippen LogP contribution in [-0.2, 0) is 4.79 Å². The Kier molecular flexibility index (Phi) is 5.48. The average molecular weight is 205 g/mol. The van der Waals surface area contributed by atoms with E-state index in [-0.39, 0.29) is 6.42 Å². The van der Waals surface area contributed by atoms with E-state index in [0.29, 0.717) is 5.75 Å². The molecule has 0 aliphatic carbocycles. The summed E-state index contributed by atoms with van der Waals surface area (Å²) in [6, 6.07) is 0. The third-order valence-corrected chi connectivity index (χ3v) is 2.41. The molecule has 0 rings (SSSR count). The number of aliphatic carboxylic acids is 1. The predicted octanol–water partition coefficient (Wildman–Crippen LogP) is -0.144. The van der Waals surface area contributed by atoms with Crippen molar-refractivity contribution in [3.8, 4) is 0 Å². The Balaban J connectivity index is 4.17. The number of carboxylic acid groups (broad SMARTS) is 1. The third kappa shape index (κ3) is 4.14. The maximum absolute atomic E-state index is 10.7. The molecule has 0 aromatic heterocycles. The molecule has 0 bridgehead atoms. The molecule has 0 aromatic carbocycles. The molecule has 0 aromatic rings. The van der Waals surface area contributed by atoms with Gasteiger partial charge in [0.15, 0.2) is 0 Å². The van der Waals surface area contributed by atoms with Crippen LogP contribution in [0.3, 0.4) is 0 Å². The van der Waals surface area contributed by atoms with Crippen LogP contribution in [0.15, 0.2) is 4.99 Å². The minimum absolute atomic E-state index is 0.286. The van der Waals surface area contributed by atoms with Crippen molar-refractivity contribution in [2.75, 3.05) is 11.5 Å². The van der Waals surface area contributed by atoms with Crippen molar-refractivity contribution >= 4 is 24.1 Å². The highest BCUT2D eigenvalue weighted by atomic mass is 32.2. The Morgan fingerprint density at radius 2 is 2.38 bits per heavy atom. The maximum atomic E-state index is 10.7. The summed E-state index contributed by atoms with van der Waals surface area (Å²) in [4.78, 5) is 14.2. The lowest BCUT2D eigenvalue weighted by Crippen LogP contribution is -2.47. The lowest BCUT2D eigenvalue weighted by Gasteiger charge is -2.18. The van der Waals surface area contributed by atoms with E-state index in [1.54, 1.807) is 11.8 Å². The summed E-state index contributed by atoms with van der Waals surface area (Å²) in [7, 11) is 0. The number of nitrogens with zero attached hydrogens (tertiary/aromatic N) is 1. The Morgan fingerprint density at radius 1 is 1.77 bits per heavy atom. The molecular formula is C7H15N3O2S. The SMILES string of the molecule is CCSCC[C@](N)(/N=C/N)C(=O)O. The van der Waals surface area contributed by atoms with Crippen molar-refractivity contribution in [3.63, 3.8) is 0 Å². The second kappa shape index (κ2) is 5.82. The van der Waals surface area contributed by atoms with E-state index in [0.717, 1.165) is 12.1 Å². The van der Waals surface area contributed by atoms with Crippen molar-refractivity contribution in [3.05, 3.63) is 0 Å². The summed E-state index contributed by atoms with van der Waals surface area (Å²) >= 11 is 1.62. The molecule has 1 atom stereocenters. The molecule has 0 fully saturated rings. The van der Waals surface area contributed by atoms with E-state index in [1.165, 1.54) is 0 Å². The molecule has 0 spiro atoms. The monoisotopic (exact) mass is 205 g/mol. The van der Waals surface area contributed by atoms with Crippen LogP contribution in [0.25, 0.3) is 0 Å².